The van der Waals surface area contributed by atoms with Crippen LogP contribution in [0.2, 0.25) is 0 Å². The number of hydrogen-bond donors (Lipinski definition) is 0. The summed E-state index contributed by atoms with van der Waals surface area (Å²) in [7, 11) is 0. The first-order chi connectivity index (χ1) is 25.5. The fourth-order valence-corrected chi connectivity index (χ4v) is 10.4. The van der Waals surface area contributed by atoms with Gasteiger partial charge >= 0.3 is 0 Å². The van der Waals surface area contributed by atoms with Crippen LogP contribution < -0.4 is 0 Å². The Kier molecular flexibility index (Phi) is 6.30. The largest absolute Gasteiger partial charge is 0.309 e. The molecule has 0 radical (unpaired) electrons. The van der Waals surface area contributed by atoms with Crippen molar-refractivity contribution >= 4 is 21.8 Å². The average molecular weight is 668 g/mol. The molecule has 1 heterocycles. The molecule has 0 saturated heterocycles. The molecule has 11 rings (SSSR count). The van der Waals surface area contributed by atoms with Crippen LogP contribution in [0.5, 0.6) is 0 Å². The first-order valence-electron chi connectivity index (χ1n) is 19.1. The summed E-state index contributed by atoms with van der Waals surface area (Å²) >= 11 is 0. The van der Waals surface area contributed by atoms with Crippen molar-refractivity contribution in [1.82, 2.24) is 4.57 Å². The van der Waals surface area contributed by atoms with Crippen LogP contribution >= 0.6 is 0 Å². The zero-order chi connectivity index (χ0) is 34.6. The molecule has 8 aromatic rings. The van der Waals surface area contributed by atoms with E-state index in [2.05, 4.69) is 170 Å². The maximum atomic E-state index is 2.63. The highest BCUT2D eigenvalue weighted by atomic mass is 15.0. The number of rotatable bonds is 3. The minimum absolute atomic E-state index is 0.0578. The van der Waals surface area contributed by atoms with Gasteiger partial charge in [-0.3, -0.25) is 0 Å². The van der Waals surface area contributed by atoms with Gasteiger partial charge in [-0.25, -0.2) is 0 Å². The lowest BCUT2D eigenvalue weighted by molar-refractivity contribution is 0.353. The number of aromatic nitrogens is 1. The van der Waals surface area contributed by atoms with Gasteiger partial charge in [0.25, 0.3) is 0 Å². The van der Waals surface area contributed by atoms with Crippen molar-refractivity contribution in [2.75, 3.05) is 0 Å². The third kappa shape index (κ3) is 4.11. The molecule has 1 heteroatoms. The second kappa shape index (κ2) is 10.9. The van der Waals surface area contributed by atoms with Crippen molar-refractivity contribution in [3.05, 3.63) is 174 Å². The molecular weight excluding hydrogens is 627 g/mol. The SMILES string of the molecule is CC1(C)c2ccc(-c3ccc4c5ccccc5n(-c5ccc(-c6ccccc6)cc5)c4c3)cc2-c2cc3c(cc21)-c1ccccc1C31CCCCC1. The molecule has 0 amide bonds. The lowest BCUT2D eigenvalue weighted by Crippen LogP contribution is -2.28. The molecule has 52 heavy (non-hydrogen) atoms. The minimum Gasteiger partial charge on any atom is -0.309 e. The third-order valence-corrected chi connectivity index (χ3v) is 13.0. The van der Waals surface area contributed by atoms with E-state index in [1.165, 1.54) is 115 Å². The topological polar surface area (TPSA) is 4.93 Å². The molecule has 0 unspecified atom stereocenters. The van der Waals surface area contributed by atoms with Crippen molar-refractivity contribution in [1.29, 1.82) is 0 Å². The predicted octanol–water partition coefficient (Wildman–Crippen LogP) is 13.7. The number of para-hydroxylation sites is 1. The van der Waals surface area contributed by atoms with Gasteiger partial charge in [0, 0.05) is 27.3 Å². The number of hydrogen-bond acceptors (Lipinski definition) is 0. The van der Waals surface area contributed by atoms with Crippen molar-refractivity contribution < 1.29 is 0 Å². The maximum absolute atomic E-state index is 2.63. The summed E-state index contributed by atoms with van der Waals surface area (Å²) in [5.74, 6) is 0. The van der Waals surface area contributed by atoms with Crippen molar-refractivity contribution in [3.63, 3.8) is 0 Å². The van der Waals surface area contributed by atoms with Gasteiger partial charge in [-0.15, -0.1) is 0 Å². The van der Waals surface area contributed by atoms with Crippen molar-refractivity contribution in [3.8, 4) is 50.2 Å². The van der Waals surface area contributed by atoms with Crippen molar-refractivity contribution in [2.45, 2.75) is 56.8 Å². The Hall–Kier alpha value is -5.66. The summed E-state index contributed by atoms with van der Waals surface area (Å²) in [6, 6.07) is 57.4. The van der Waals surface area contributed by atoms with Crippen LogP contribution in [0.15, 0.2) is 152 Å². The van der Waals surface area contributed by atoms with E-state index >= 15 is 0 Å². The van der Waals surface area contributed by atoms with Gasteiger partial charge < -0.3 is 4.57 Å². The van der Waals surface area contributed by atoms with E-state index in [9.17, 15) is 0 Å². The molecule has 1 fully saturated rings. The molecule has 1 aromatic heterocycles. The minimum atomic E-state index is -0.0578. The molecule has 0 bridgehead atoms. The van der Waals surface area contributed by atoms with E-state index in [1.807, 2.05) is 0 Å². The number of nitrogens with zero attached hydrogens (tertiary/aromatic N) is 1. The number of benzene rings is 7. The summed E-state index contributed by atoms with van der Waals surface area (Å²) in [5, 5.41) is 2.57. The predicted molar refractivity (Wildman–Crippen MR) is 219 cm³/mol. The van der Waals surface area contributed by atoms with Crippen LogP contribution in [-0.2, 0) is 10.8 Å². The molecule has 1 nitrogen and oxygen atoms in total. The number of fused-ring (bicyclic) bond motifs is 11. The van der Waals surface area contributed by atoms with Gasteiger partial charge in [-0.05, 0) is 122 Å². The van der Waals surface area contributed by atoms with E-state index in [4.69, 9.17) is 0 Å². The first-order valence-corrected chi connectivity index (χ1v) is 19.1. The van der Waals surface area contributed by atoms with Gasteiger partial charge in [0.15, 0.2) is 0 Å². The van der Waals surface area contributed by atoms with Gasteiger partial charge in [0.2, 0.25) is 0 Å². The van der Waals surface area contributed by atoms with Crippen LogP contribution in [0.25, 0.3) is 72.0 Å². The van der Waals surface area contributed by atoms with Gasteiger partial charge in [0.1, 0.15) is 0 Å². The molecule has 1 spiro atoms. The normalized spacial score (nSPS) is 16.2. The standard InChI is InChI=1S/C51H41N/c1-50(2)44-26-22-35(29-41(44)43-32-47-42(31-46(43)50)38-15-7-9-17-45(38)51(47)27-11-4-12-28-51)36-21-25-40-39-16-8-10-18-48(39)52(49(40)30-36)37-23-19-34(20-24-37)33-13-5-3-6-14-33/h3,5-10,13-26,29-32H,4,11-12,27-28H2,1-2H3. The molecule has 0 N–H and O–H groups in total. The summed E-state index contributed by atoms with van der Waals surface area (Å²) in [4.78, 5) is 0. The third-order valence-electron chi connectivity index (χ3n) is 13.0. The zero-order valence-electron chi connectivity index (χ0n) is 29.9. The smallest absolute Gasteiger partial charge is 0.0547 e. The van der Waals surface area contributed by atoms with Gasteiger partial charge in [-0.2, -0.15) is 0 Å². The Morgan fingerprint density at radius 3 is 1.87 bits per heavy atom. The highest BCUT2D eigenvalue weighted by molar-refractivity contribution is 6.10. The summed E-state index contributed by atoms with van der Waals surface area (Å²) in [6.07, 6.45) is 6.50. The van der Waals surface area contributed by atoms with E-state index in [-0.39, 0.29) is 10.8 Å². The van der Waals surface area contributed by atoms with E-state index < -0.39 is 0 Å². The molecular formula is C51H41N. The average Bonchev–Trinajstić information content (AvgIpc) is 3.75. The van der Waals surface area contributed by atoms with Crippen LogP contribution in [0.1, 0.15) is 68.2 Å². The van der Waals surface area contributed by atoms with Crippen LogP contribution in [0.3, 0.4) is 0 Å². The second-order valence-corrected chi connectivity index (χ2v) is 16.0. The quantitative estimate of drug-likeness (QED) is 0.177. The van der Waals surface area contributed by atoms with Crippen LogP contribution in [-0.4, -0.2) is 4.57 Å². The maximum Gasteiger partial charge on any atom is 0.0547 e. The van der Waals surface area contributed by atoms with Crippen molar-refractivity contribution in [2.24, 2.45) is 0 Å². The summed E-state index contributed by atoms with van der Waals surface area (Å²) in [5.41, 5.74) is 20.6. The zero-order valence-corrected chi connectivity index (χ0v) is 29.9. The molecule has 3 aliphatic carbocycles. The molecule has 3 aliphatic rings. The lowest BCUT2D eigenvalue weighted by atomic mass is 9.67. The Bertz CT molecular complexity index is 2720. The molecule has 250 valence electrons. The summed E-state index contributed by atoms with van der Waals surface area (Å²) in [6.45, 7) is 4.85. The lowest BCUT2D eigenvalue weighted by Gasteiger charge is -2.36. The van der Waals surface area contributed by atoms with E-state index in [1.54, 1.807) is 11.1 Å². The van der Waals surface area contributed by atoms with E-state index in [0.29, 0.717) is 0 Å². The first kappa shape index (κ1) is 30.0. The molecule has 0 atom stereocenters. The molecule has 1 saturated carbocycles. The Morgan fingerprint density at radius 1 is 0.404 bits per heavy atom. The fourth-order valence-electron chi connectivity index (χ4n) is 10.4. The van der Waals surface area contributed by atoms with E-state index in [0.717, 1.165) is 0 Å². The highest BCUT2D eigenvalue weighted by Crippen LogP contribution is 2.60. The monoisotopic (exact) mass is 667 g/mol. The summed E-state index contributed by atoms with van der Waals surface area (Å²) < 4.78 is 2.44. The van der Waals surface area contributed by atoms with Crippen LogP contribution in [0.4, 0.5) is 0 Å². The molecule has 7 aromatic carbocycles. The Balaban J connectivity index is 1.06. The molecule has 0 aliphatic heterocycles. The Morgan fingerprint density at radius 2 is 1.02 bits per heavy atom. The Labute approximate surface area is 306 Å². The second-order valence-electron chi connectivity index (χ2n) is 16.0. The van der Waals surface area contributed by atoms with Gasteiger partial charge in [0.05, 0.1) is 11.0 Å². The highest BCUT2D eigenvalue weighted by Gasteiger charge is 2.46. The van der Waals surface area contributed by atoms with Gasteiger partial charge in [-0.1, -0.05) is 142 Å². The van der Waals surface area contributed by atoms with Crippen LogP contribution in [0, 0.1) is 0 Å². The fraction of sp³-hybridized carbons (Fsp3) is 0.176.